The van der Waals surface area contributed by atoms with Crippen molar-refractivity contribution in [2.24, 2.45) is 35.2 Å². The number of aromatic nitrogens is 5. The summed E-state index contributed by atoms with van der Waals surface area (Å²) in [7, 11) is 20.8. The lowest BCUT2D eigenvalue weighted by Gasteiger charge is -2.29. The van der Waals surface area contributed by atoms with Crippen molar-refractivity contribution in [3.8, 4) is 0 Å². The Kier molecular flexibility index (Phi) is 29.0. The molecule has 8 saturated heterocycles. The molecular formula is C49H85N21O24S3. The average Bonchev–Trinajstić information content (AvgIpc) is 1.72. The number of imide groups is 5. The third-order valence-electron chi connectivity index (χ3n) is 14.9. The van der Waals surface area contributed by atoms with Crippen LogP contribution in [0.3, 0.4) is 0 Å². The van der Waals surface area contributed by atoms with Crippen LogP contribution in [-0.2, 0) is 94.3 Å². The predicted molar refractivity (Wildman–Crippen MR) is 337 cm³/mol. The minimum atomic E-state index is -3.44. The van der Waals surface area contributed by atoms with Gasteiger partial charge in [0.1, 0.15) is 24.5 Å². The van der Waals surface area contributed by atoms with E-state index in [2.05, 4.69) is 4.52 Å². The third-order valence-corrected chi connectivity index (χ3v) is 20.1. The molecule has 45 nitrogen and oxygen atoms in total. The van der Waals surface area contributed by atoms with E-state index in [1.165, 1.54) is 121 Å². The molecule has 48 heteroatoms. The molecule has 0 saturated carbocycles. The van der Waals surface area contributed by atoms with Crippen molar-refractivity contribution in [1.82, 2.24) is 99.3 Å². The van der Waals surface area contributed by atoms with Crippen molar-refractivity contribution in [1.29, 1.82) is 0 Å². The first-order chi connectivity index (χ1) is 43.9. The van der Waals surface area contributed by atoms with Crippen molar-refractivity contribution in [2.75, 3.05) is 164 Å². The molecule has 8 aliphatic rings. The lowest BCUT2D eigenvalue weighted by atomic mass is 10.1. The molecule has 10 rings (SSSR count). The molecule has 0 aromatic carbocycles. The average molecular weight is 1450 g/mol. The maximum atomic E-state index is 11.3. The fraction of sp³-hybridized carbons (Fsp3) is 0.653. The quantitative estimate of drug-likeness (QED) is 0.175. The molecule has 2 aromatic heterocycles. The van der Waals surface area contributed by atoms with E-state index in [9.17, 15) is 107 Å². The lowest BCUT2D eigenvalue weighted by molar-refractivity contribution is -0.142. The van der Waals surface area contributed by atoms with Gasteiger partial charge in [0.05, 0.1) is 19.3 Å². The topological polar surface area (TPSA) is 482 Å². The smallest absolute Gasteiger partial charge is 0.326 e. The molecule has 10 heterocycles. The molecule has 8 fully saturated rings. The molecule has 97 heavy (non-hydrogen) atoms. The Morgan fingerprint density at radius 2 is 0.732 bits per heavy atom. The van der Waals surface area contributed by atoms with Crippen molar-refractivity contribution in [3.63, 3.8) is 0 Å². The molecule has 0 bridgehead atoms. The van der Waals surface area contributed by atoms with Crippen LogP contribution in [0.2, 0.25) is 0 Å². The van der Waals surface area contributed by atoms with Crippen LogP contribution >= 0.6 is 0 Å². The summed E-state index contributed by atoms with van der Waals surface area (Å²) in [5.74, 6) is -3.17. The van der Waals surface area contributed by atoms with E-state index in [0.717, 1.165) is 73.6 Å². The first kappa shape index (κ1) is 85.0. The standard InChI is InChI=1S/C7H12N2O2.C5H9N3O2.C5H10N2O3S.C5H6N2O3.2C5H8N2O2.C5H10N2O.2C4H8N2O3S.C4H6N2O3/c1-7(2)5(10)8(3)6(11)9(7)4;1-6-4(9)7(2)8(3)5(6)10;1-6-3-4-11(9,10)7(2)5(6)8;1-6-3(8)4(9)7(2)5(6)10;2*1-6-3-4(8)7(2)5(6)9;1-6-3-4-7(2)5(6)8;1-5-3-10(8,9)6(2)4(5)7;1-5-3-4(7)6(2)10(5,8)9;1-5-3(7)6(2)9-4(5)8/h1-4H3;1-3H3;3-4H2,1-2H3;1-2H3;2*3H2,1-2H3;3-4H2,1-2H3;2*3H2,1-2H3;1-2H3. The molecule has 0 radical (unpaired) electrons. The fourth-order valence-corrected chi connectivity index (χ4v) is 10.9. The van der Waals surface area contributed by atoms with E-state index < -0.39 is 77.1 Å². The van der Waals surface area contributed by atoms with Gasteiger partial charge in [-0.15, -0.1) is 0 Å². The molecule has 0 aliphatic carbocycles. The van der Waals surface area contributed by atoms with Crippen LogP contribution < -0.4 is 22.8 Å². The third kappa shape index (κ3) is 20.0. The first-order valence-electron chi connectivity index (χ1n) is 27.8. The van der Waals surface area contributed by atoms with E-state index >= 15 is 0 Å². The molecule has 8 aliphatic heterocycles. The van der Waals surface area contributed by atoms with Gasteiger partial charge < -0.3 is 38.8 Å². The number of amides is 20. The number of rotatable bonds is 0. The van der Waals surface area contributed by atoms with Crippen molar-refractivity contribution < 1.29 is 92.1 Å². The largest absolute Gasteiger partial charge is 0.442 e. The van der Waals surface area contributed by atoms with Crippen LogP contribution in [0.25, 0.3) is 0 Å². The summed E-state index contributed by atoms with van der Waals surface area (Å²) >= 11 is 0. The van der Waals surface area contributed by atoms with Gasteiger partial charge in [0.15, 0.2) is 0 Å². The highest BCUT2D eigenvalue weighted by molar-refractivity contribution is 7.90. The van der Waals surface area contributed by atoms with Crippen LogP contribution in [0.5, 0.6) is 0 Å². The van der Waals surface area contributed by atoms with Crippen LogP contribution in [0, 0.1) is 0 Å². The van der Waals surface area contributed by atoms with Gasteiger partial charge in [-0.25, -0.2) is 101 Å². The SMILES string of the molecule is CN1C(=O)C(=O)N(C)C1=O.CN1C(=O)N(C)C(C)(C)C1=O.CN1CC(=O)N(C)C1=O.CN1CC(=O)N(C)C1=O.CN1CC(=O)N(C)S1(=O)=O.CN1CCN(C)C1=O.CN1CCS(=O)(=O)N(C)C1=O.CN1CS(=O)(=O)N(C)C1=O.Cn1c(=O)n(C)n(C)c1=O.Cn1oc(=O)n(C)c1=O. The number of hydrogen-bond acceptors (Lipinski definition) is 24. The van der Waals surface area contributed by atoms with E-state index in [1.54, 1.807) is 65.9 Å². The number of carbonyl (C=O) groups excluding carboxylic acids is 13. The summed E-state index contributed by atoms with van der Waals surface area (Å²) in [6, 6.07) is -2.06. The lowest BCUT2D eigenvalue weighted by Crippen LogP contribution is -2.50. The zero-order chi connectivity index (χ0) is 76.3. The molecule has 548 valence electrons. The number of hydrogen-bond donors (Lipinski definition) is 0. The Balaban J connectivity index is 0.000000539. The monoisotopic (exact) mass is 1450 g/mol. The predicted octanol–water partition coefficient (Wildman–Crippen LogP) is -7.35. The van der Waals surface area contributed by atoms with Gasteiger partial charge in [0.25, 0.3) is 21.8 Å². The second-order valence-electron chi connectivity index (χ2n) is 22.3. The zero-order valence-corrected chi connectivity index (χ0v) is 60.5. The normalized spacial score (nSPS) is 19.8. The summed E-state index contributed by atoms with van der Waals surface area (Å²) in [4.78, 5) is 199. The molecule has 20 amide bonds. The van der Waals surface area contributed by atoms with Crippen LogP contribution in [0.15, 0.2) is 23.7 Å². The maximum Gasteiger partial charge on any atom is 0.442 e. The Morgan fingerprint density at radius 3 is 0.866 bits per heavy atom. The highest BCUT2D eigenvalue weighted by atomic mass is 32.2. The summed E-state index contributed by atoms with van der Waals surface area (Å²) < 4.78 is 78.5. The Bertz CT molecular complexity index is 3910. The molecule has 2 aromatic rings. The molecule has 0 atom stereocenters. The number of sulfonamides is 2. The summed E-state index contributed by atoms with van der Waals surface area (Å²) in [5.41, 5.74) is -1.72. The highest BCUT2D eigenvalue weighted by Crippen LogP contribution is 2.24. The Labute approximate surface area is 557 Å². The maximum absolute atomic E-state index is 11.3. The molecule has 0 N–H and O–H groups in total. The summed E-state index contributed by atoms with van der Waals surface area (Å²) in [6.45, 7) is 5.88. The van der Waals surface area contributed by atoms with E-state index in [4.69, 9.17) is 0 Å². The van der Waals surface area contributed by atoms with Crippen LogP contribution in [-0.4, -0.2) is 371 Å². The van der Waals surface area contributed by atoms with Crippen molar-refractivity contribution in [3.05, 3.63) is 42.0 Å². The van der Waals surface area contributed by atoms with Gasteiger partial charge in [-0.3, -0.25) is 53.3 Å². The van der Waals surface area contributed by atoms with Crippen LogP contribution in [0.4, 0.5) is 33.6 Å². The number of nitrogens with zero attached hydrogens (tertiary/aromatic N) is 21. The minimum Gasteiger partial charge on any atom is -0.326 e. The van der Waals surface area contributed by atoms with E-state index in [-0.39, 0.29) is 96.9 Å². The van der Waals surface area contributed by atoms with Crippen LogP contribution in [0.1, 0.15) is 13.8 Å². The second kappa shape index (κ2) is 33.1. The Morgan fingerprint density at radius 1 is 0.351 bits per heavy atom. The minimum absolute atomic E-state index is 0.0196. The molecular weight excluding hydrogens is 1360 g/mol. The van der Waals surface area contributed by atoms with E-state index in [1.807, 2.05) is 14.1 Å². The van der Waals surface area contributed by atoms with Crippen molar-refractivity contribution in [2.45, 2.75) is 19.4 Å². The Hall–Kier alpha value is -10.0. The van der Waals surface area contributed by atoms with Gasteiger partial charge >= 0.3 is 87.1 Å². The number of carbonyl (C=O) groups is 13. The van der Waals surface area contributed by atoms with Gasteiger partial charge in [0, 0.05) is 161 Å². The number of urea groups is 7. The van der Waals surface area contributed by atoms with E-state index in [0.29, 0.717) is 0 Å². The zero-order valence-electron chi connectivity index (χ0n) is 58.1. The van der Waals surface area contributed by atoms with Crippen molar-refractivity contribution >= 4 is 108 Å². The molecule has 0 spiro atoms. The number of aryl methyl sites for hydroxylation is 1. The summed E-state index contributed by atoms with van der Waals surface area (Å²) in [6.07, 6.45) is 0. The summed E-state index contributed by atoms with van der Waals surface area (Å²) in [5, 5.41) is 0. The van der Waals surface area contributed by atoms with Gasteiger partial charge in [-0.1, -0.05) is 0 Å². The van der Waals surface area contributed by atoms with Gasteiger partial charge in [-0.05, 0) is 13.8 Å². The second-order valence-corrected chi connectivity index (χ2v) is 28.4. The fourth-order valence-electron chi connectivity index (χ4n) is 7.63. The highest BCUT2D eigenvalue weighted by Gasteiger charge is 2.47. The number of likely N-dealkylation sites (N-methyl/N-ethyl adjacent to an activating group) is 12. The van der Waals surface area contributed by atoms with Gasteiger partial charge in [-0.2, -0.15) is 17.5 Å². The molecule has 0 unspecified atom stereocenters. The first-order valence-corrected chi connectivity index (χ1v) is 32.4. The van der Waals surface area contributed by atoms with Gasteiger partial charge in [0.2, 0.25) is 21.8 Å².